The number of sulfonamides is 1. The van der Waals surface area contributed by atoms with Gasteiger partial charge in [-0.05, 0) is 24.2 Å². The van der Waals surface area contributed by atoms with Crippen LogP contribution < -0.4 is 9.46 Å². The Morgan fingerprint density at radius 3 is 2.23 bits per heavy atom. The van der Waals surface area contributed by atoms with Gasteiger partial charge in [0.1, 0.15) is 24.7 Å². The Bertz CT molecular complexity index is 2190. The van der Waals surface area contributed by atoms with Crippen molar-refractivity contribution in [1.29, 1.82) is 0 Å². The summed E-state index contributed by atoms with van der Waals surface area (Å²) in [5.41, 5.74) is -1.14. The normalized spacial score (nSPS) is 12.5. The second kappa shape index (κ2) is 15.7. The van der Waals surface area contributed by atoms with Crippen LogP contribution in [0.5, 0.6) is 5.88 Å². The molecule has 0 unspecified atom stereocenters. The predicted molar refractivity (Wildman–Crippen MR) is 199 cm³/mol. The van der Waals surface area contributed by atoms with Gasteiger partial charge in [0.15, 0.2) is 34.0 Å². The summed E-state index contributed by atoms with van der Waals surface area (Å²) < 4.78 is 96.8. The van der Waals surface area contributed by atoms with E-state index in [4.69, 9.17) is 25.8 Å². The molecule has 52 heavy (non-hydrogen) atoms. The molecule has 4 heterocycles. The number of aromatic nitrogens is 6. The van der Waals surface area contributed by atoms with Crippen molar-refractivity contribution in [1.82, 2.24) is 29.3 Å². The fourth-order valence-electron chi connectivity index (χ4n) is 5.11. The molecule has 0 spiro atoms. The lowest BCUT2D eigenvalue weighted by Crippen LogP contribution is -2.22. The summed E-state index contributed by atoms with van der Waals surface area (Å²) in [5, 5.41) is 4.94. The molecule has 0 radical (unpaired) electrons. The van der Waals surface area contributed by atoms with E-state index in [-0.39, 0.29) is 29.9 Å². The van der Waals surface area contributed by atoms with Crippen molar-refractivity contribution >= 4 is 54.5 Å². The van der Waals surface area contributed by atoms with E-state index in [1.165, 1.54) is 23.9 Å². The first-order valence-electron chi connectivity index (χ1n) is 16.3. The van der Waals surface area contributed by atoms with Crippen molar-refractivity contribution in [2.45, 2.75) is 69.7 Å². The molecule has 0 bridgehead atoms. The smallest absolute Gasteiger partial charge is 0.268 e. The highest BCUT2D eigenvalue weighted by atomic mass is 35.5. The molecule has 4 aromatic heterocycles. The predicted octanol–water partition coefficient (Wildman–Crippen LogP) is 7.86. The Morgan fingerprint density at radius 2 is 1.58 bits per heavy atom. The van der Waals surface area contributed by atoms with E-state index in [1.54, 1.807) is 17.0 Å². The molecule has 0 amide bonds. The van der Waals surface area contributed by atoms with Crippen molar-refractivity contribution in [3.63, 3.8) is 0 Å². The first-order valence-corrected chi connectivity index (χ1v) is 25.6. The number of rotatable bonds is 16. The second-order valence-electron chi connectivity index (χ2n) is 14.5. The summed E-state index contributed by atoms with van der Waals surface area (Å²) in [6.45, 7) is 14.4. The van der Waals surface area contributed by atoms with Crippen LogP contribution in [0.4, 0.5) is 19.0 Å². The van der Waals surface area contributed by atoms with Crippen molar-refractivity contribution in [2.24, 2.45) is 0 Å². The van der Waals surface area contributed by atoms with Gasteiger partial charge in [-0.15, -0.1) is 0 Å². The number of pyridine rings is 2. The Labute approximate surface area is 307 Å². The van der Waals surface area contributed by atoms with Gasteiger partial charge in [0.2, 0.25) is 5.88 Å². The molecule has 0 aliphatic heterocycles. The monoisotopic (exact) mass is 795 g/mol. The van der Waals surface area contributed by atoms with Crippen LogP contribution in [0.2, 0.25) is 56.4 Å². The lowest BCUT2D eigenvalue weighted by atomic mass is 10.0. The Hall–Kier alpha value is -3.82. The molecule has 0 saturated heterocycles. The third-order valence-electron chi connectivity index (χ3n) is 7.96. The Morgan fingerprint density at radius 1 is 0.904 bits per heavy atom. The maximum atomic E-state index is 16.8. The SMILES string of the molecule is COc1ncc(Cl)cc1S(=O)(=O)Nc1ncc(F)c(-c2ccc3c(-c4nccn4COCC[Si](C)(C)C)nn(COCC[Si](C)(C)C)c3c2F)c1F. The minimum absolute atomic E-state index is 0.0396. The van der Waals surface area contributed by atoms with E-state index in [0.717, 1.165) is 24.4 Å². The average molecular weight is 796 g/mol. The zero-order valence-corrected chi connectivity index (χ0v) is 33.5. The van der Waals surface area contributed by atoms with Crippen LogP contribution in [-0.2, 0) is 33.0 Å². The molecule has 19 heteroatoms. The quantitative estimate of drug-likeness (QED) is 0.0782. The molecule has 0 saturated carbocycles. The van der Waals surface area contributed by atoms with Gasteiger partial charge < -0.3 is 18.8 Å². The molecule has 1 N–H and O–H groups in total. The van der Waals surface area contributed by atoms with Crippen LogP contribution in [0, 0.1) is 17.5 Å². The molecule has 5 rings (SSSR count). The fraction of sp³-hybridized carbons (Fsp3) is 0.394. The zero-order chi connectivity index (χ0) is 38.0. The van der Waals surface area contributed by atoms with Gasteiger partial charge in [-0.25, -0.2) is 41.2 Å². The number of hydrogen-bond acceptors (Lipinski definition) is 9. The maximum absolute atomic E-state index is 16.8. The van der Waals surface area contributed by atoms with Gasteiger partial charge >= 0.3 is 0 Å². The lowest BCUT2D eigenvalue weighted by molar-refractivity contribution is 0.0812. The summed E-state index contributed by atoms with van der Waals surface area (Å²) >= 11 is 5.95. The number of methoxy groups -OCH3 is 1. The number of ether oxygens (including phenoxy) is 3. The molecule has 1 aromatic carbocycles. The first-order chi connectivity index (χ1) is 24.4. The van der Waals surface area contributed by atoms with Gasteiger partial charge in [0.25, 0.3) is 10.0 Å². The highest BCUT2D eigenvalue weighted by molar-refractivity contribution is 7.92. The molecule has 0 atom stereocenters. The molecule has 0 fully saturated rings. The van der Waals surface area contributed by atoms with Gasteiger partial charge in [0.05, 0.1) is 23.9 Å². The molecule has 0 aliphatic rings. The van der Waals surface area contributed by atoms with Crippen LogP contribution in [0.15, 0.2) is 47.9 Å². The summed E-state index contributed by atoms with van der Waals surface area (Å²) in [4.78, 5) is 11.4. The Balaban J connectivity index is 1.57. The maximum Gasteiger partial charge on any atom is 0.268 e. The fourth-order valence-corrected chi connectivity index (χ4v) is 8.00. The molecular weight excluding hydrogens is 755 g/mol. The number of fused-ring (bicyclic) bond motifs is 1. The highest BCUT2D eigenvalue weighted by Crippen LogP contribution is 2.38. The standard InChI is InChI=1S/C33H41ClF3N7O5SSi2/c1-47-33-25(16-21(34)17-40-33)50(45,46)42-31-28(37)26(24(35)18-39-31)22-8-9-23-29(32-38-10-11-43(32)19-48-12-14-51(2,3)4)41-44(30(23)27(22)36)20-49-13-15-52(5,6)7/h8-11,16-18H,12-15,19-20H2,1-7H3,(H,39,42). The molecule has 5 aromatic rings. The zero-order valence-electron chi connectivity index (χ0n) is 29.9. The van der Waals surface area contributed by atoms with Crippen LogP contribution in [0.3, 0.4) is 0 Å². The number of anilines is 1. The van der Waals surface area contributed by atoms with Crippen LogP contribution in [0.25, 0.3) is 33.5 Å². The third-order valence-corrected chi connectivity index (χ3v) is 12.9. The van der Waals surface area contributed by atoms with Gasteiger partial charge in [-0.1, -0.05) is 56.9 Å². The largest absolute Gasteiger partial charge is 0.480 e. The van der Waals surface area contributed by atoms with Gasteiger partial charge in [0, 0.05) is 58.9 Å². The number of nitrogens with one attached hydrogen (secondary N) is 1. The van der Waals surface area contributed by atoms with Crippen molar-refractivity contribution < 1.29 is 35.8 Å². The molecular formula is C33H41ClF3N7O5SSi2. The number of benzene rings is 1. The van der Waals surface area contributed by atoms with Crippen LogP contribution in [0.1, 0.15) is 0 Å². The van der Waals surface area contributed by atoms with E-state index < -0.39 is 65.5 Å². The van der Waals surface area contributed by atoms with Gasteiger partial charge in [-0.2, -0.15) is 5.10 Å². The highest BCUT2D eigenvalue weighted by Gasteiger charge is 2.29. The summed E-state index contributed by atoms with van der Waals surface area (Å²) in [5.74, 6) is -4.53. The third kappa shape index (κ3) is 9.03. The number of imidazole rings is 1. The number of nitrogens with zero attached hydrogens (tertiary/aromatic N) is 6. The summed E-state index contributed by atoms with van der Waals surface area (Å²) in [6, 6.07) is 5.52. The number of hydrogen-bond donors (Lipinski definition) is 1. The summed E-state index contributed by atoms with van der Waals surface area (Å²) in [7, 11) is -6.21. The Kier molecular flexibility index (Phi) is 11.9. The minimum Gasteiger partial charge on any atom is -0.480 e. The lowest BCUT2D eigenvalue weighted by Gasteiger charge is -2.16. The van der Waals surface area contributed by atoms with E-state index in [0.29, 0.717) is 36.3 Å². The molecule has 0 aliphatic carbocycles. The first kappa shape index (κ1) is 39.4. The van der Waals surface area contributed by atoms with Crippen LogP contribution in [-0.4, -0.2) is 74.2 Å². The topological polar surface area (TPSA) is 135 Å². The van der Waals surface area contributed by atoms with E-state index >= 15 is 13.2 Å². The van der Waals surface area contributed by atoms with Crippen molar-refractivity contribution in [3.8, 4) is 28.5 Å². The second-order valence-corrected chi connectivity index (χ2v) is 27.8. The van der Waals surface area contributed by atoms with Gasteiger partial charge in [-0.3, -0.25) is 4.72 Å². The van der Waals surface area contributed by atoms with Crippen molar-refractivity contribution in [2.75, 3.05) is 25.0 Å². The molecule has 280 valence electrons. The van der Waals surface area contributed by atoms with E-state index in [2.05, 4.69) is 59.3 Å². The van der Waals surface area contributed by atoms with Crippen LogP contribution >= 0.6 is 11.6 Å². The summed E-state index contributed by atoms with van der Waals surface area (Å²) in [6.07, 6.45) is 5.06. The van der Waals surface area contributed by atoms with E-state index in [9.17, 15) is 8.42 Å². The van der Waals surface area contributed by atoms with Crippen molar-refractivity contribution in [3.05, 3.63) is 65.5 Å². The average Bonchev–Trinajstić information content (AvgIpc) is 3.67. The number of halogens is 4. The van der Waals surface area contributed by atoms with E-state index in [1.807, 2.05) is 4.72 Å². The minimum atomic E-state index is -4.62. The molecule has 12 nitrogen and oxygen atoms in total.